The summed E-state index contributed by atoms with van der Waals surface area (Å²) in [5.41, 5.74) is 3.73. The number of carbonyl (C=O) groups is 1. The molecule has 0 spiro atoms. The Kier molecular flexibility index (Phi) is 3.74. The van der Waals surface area contributed by atoms with Gasteiger partial charge in [-0.15, -0.1) is 0 Å². The average Bonchev–Trinajstić information content (AvgIpc) is 3.06. The predicted octanol–water partition coefficient (Wildman–Crippen LogP) is 4.62. The Morgan fingerprint density at radius 1 is 1.00 bits per heavy atom. The van der Waals surface area contributed by atoms with E-state index in [1.807, 2.05) is 30.3 Å². The molecule has 0 bridgehead atoms. The summed E-state index contributed by atoms with van der Waals surface area (Å²) in [4.78, 5) is 19.6. The second-order valence-electron chi connectivity index (χ2n) is 5.69. The van der Waals surface area contributed by atoms with Crippen LogP contribution >= 0.6 is 0 Å². The first-order chi connectivity index (χ1) is 12.2. The molecule has 25 heavy (non-hydrogen) atoms. The lowest BCUT2D eigenvalue weighted by Crippen LogP contribution is -2.12. The van der Waals surface area contributed by atoms with Gasteiger partial charge in [0, 0.05) is 34.5 Å². The normalized spacial score (nSPS) is 10.8. The number of rotatable bonds is 3. The molecule has 0 atom stereocenters. The number of hydrogen-bond donors (Lipinski definition) is 2. The van der Waals surface area contributed by atoms with Crippen LogP contribution in [-0.2, 0) is 0 Å². The minimum absolute atomic E-state index is 0.315. The van der Waals surface area contributed by atoms with E-state index in [9.17, 15) is 9.18 Å². The molecule has 0 unspecified atom stereocenters. The van der Waals surface area contributed by atoms with E-state index in [0.29, 0.717) is 11.4 Å². The molecule has 5 heteroatoms. The summed E-state index contributed by atoms with van der Waals surface area (Å²) >= 11 is 0. The van der Waals surface area contributed by atoms with Gasteiger partial charge in [0.25, 0.3) is 5.91 Å². The van der Waals surface area contributed by atoms with Crippen molar-refractivity contribution in [3.8, 4) is 11.1 Å². The van der Waals surface area contributed by atoms with Gasteiger partial charge in [-0.3, -0.25) is 9.78 Å². The van der Waals surface area contributed by atoms with Crippen LogP contribution in [0.1, 0.15) is 10.5 Å². The minimum Gasteiger partial charge on any atom is -0.351 e. The molecule has 0 aliphatic carbocycles. The first-order valence-corrected chi connectivity index (χ1v) is 7.79. The Hall–Kier alpha value is -3.47. The third-order valence-electron chi connectivity index (χ3n) is 3.94. The van der Waals surface area contributed by atoms with Gasteiger partial charge < -0.3 is 10.3 Å². The molecule has 2 aromatic heterocycles. The van der Waals surface area contributed by atoms with E-state index in [-0.39, 0.29) is 5.91 Å². The van der Waals surface area contributed by atoms with Gasteiger partial charge in [0.05, 0.1) is 0 Å². The smallest absolute Gasteiger partial charge is 0.272 e. The Bertz CT molecular complexity index is 1060. The highest BCUT2D eigenvalue weighted by atomic mass is 19.1. The Morgan fingerprint density at radius 3 is 2.72 bits per heavy atom. The van der Waals surface area contributed by atoms with Crippen molar-refractivity contribution in [2.24, 2.45) is 0 Å². The van der Waals surface area contributed by atoms with Crippen molar-refractivity contribution >= 4 is 22.5 Å². The molecule has 0 saturated carbocycles. The summed E-state index contributed by atoms with van der Waals surface area (Å²) in [7, 11) is 0. The molecular formula is C20H14FN3O. The largest absolute Gasteiger partial charge is 0.351 e. The highest BCUT2D eigenvalue weighted by molar-refractivity contribution is 6.06. The first kappa shape index (κ1) is 15.1. The maximum atomic E-state index is 13.2. The van der Waals surface area contributed by atoms with Gasteiger partial charge in [-0.25, -0.2) is 4.39 Å². The van der Waals surface area contributed by atoms with Crippen LogP contribution < -0.4 is 5.32 Å². The number of hydrogen-bond acceptors (Lipinski definition) is 2. The molecule has 122 valence electrons. The van der Waals surface area contributed by atoms with E-state index in [1.165, 1.54) is 12.1 Å². The van der Waals surface area contributed by atoms with Gasteiger partial charge in [0.15, 0.2) is 0 Å². The zero-order valence-electron chi connectivity index (χ0n) is 13.2. The lowest BCUT2D eigenvalue weighted by Gasteiger charge is -2.03. The van der Waals surface area contributed by atoms with E-state index in [2.05, 4.69) is 15.3 Å². The number of anilines is 1. The molecule has 4 rings (SSSR count). The van der Waals surface area contributed by atoms with Crippen LogP contribution in [0.4, 0.5) is 10.1 Å². The zero-order chi connectivity index (χ0) is 17.2. The molecular weight excluding hydrogens is 317 g/mol. The fourth-order valence-corrected chi connectivity index (χ4v) is 2.73. The van der Waals surface area contributed by atoms with E-state index < -0.39 is 5.82 Å². The molecule has 4 nitrogen and oxygen atoms in total. The van der Waals surface area contributed by atoms with E-state index in [4.69, 9.17) is 0 Å². The quantitative estimate of drug-likeness (QED) is 0.575. The molecule has 2 heterocycles. The highest BCUT2D eigenvalue weighted by Gasteiger charge is 2.11. The molecule has 2 N–H and O–H groups in total. The van der Waals surface area contributed by atoms with Gasteiger partial charge in [-0.2, -0.15) is 0 Å². The maximum absolute atomic E-state index is 13.2. The Balaban J connectivity index is 1.63. The van der Waals surface area contributed by atoms with Crippen LogP contribution in [0.5, 0.6) is 0 Å². The number of carbonyl (C=O) groups excluding carboxylic acids is 1. The number of aromatic amines is 1. The zero-order valence-corrected chi connectivity index (χ0v) is 13.2. The molecule has 2 aromatic carbocycles. The van der Waals surface area contributed by atoms with Crippen LogP contribution in [0.25, 0.3) is 22.0 Å². The van der Waals surface area contributed by atoms with E-state index >= 15 is 0 Å². The van der Waals surface area contributed by atoms with Crippen LogP contribution in [0.3, 0.4) is 0 Å². The number of halogens is 1. The third-order valence-corrected chi connectivity index (χ3v) is 3.94. The molecule has 4 aromatic rings. The highest BCUT2D eigenvalue weighted by Crippen LogP contribution is 2.24. The van der Waals surface area contributed by atoms with Gasteiger partial charge in [0.2, 0.25) is 0 Å². The summed E-state index contributed by atoms with van der Waals surface area (Å²) < 4.78 is 13.2. The van der Waals surface area contributed by atoms with Gasteiger partial charge in [-0.1, -0.05) is 18.2 Å². The first-order valence-electron chi connectivity index (χ1n) is 7.79. The summed E-state index contributed by atoms with van der Waals surface area (Å²) in [5.74, 6) is -0.708. The Labute approximate surface area is 143 Å². The molecule has 0 saturated heterocycles. The van der Waals surface area contributed by atoms with Crippen LogP contribution in [0.15, 0.2) is 73.1 Å². The summed E-state index contributed by atoms with van der Waals surface area (Å²) in [5, 5.41) is 3.61. The van der Waals surface area contributed by atoms with Crippen LogP contribution in [0, 0.1) is 5.82 Å². The number of H-pyrrole nitrogens is 1. The Morgan fingerprint density at radius 2 is 1.92 bits per heavy atom. The molecule has 0 aliphatic heterocycles. The number of pyridine rings is 1. The number of benzene rings is 2. The predicted molar refractivity (Wildman–Crippen MR) is 95.9 cm³/mol. The second kappa shape index (κ2) is 6.20. The fraction of sp³-hybridized carbons (Fsp3) is 0. The number of fused-ring (bicyclic) bond motifs is 1. The van der Waals surface area contributed by atoms with E-state index in [1.54, 1.807) is 30.6 Å². The van der Waals surface area contributed by atoms with Crippen molar-refractivity contribution in [3.05, 3.63) is 84.6 Å². The van der Waals surface area contributed by atoms with Crippen molar-refractivity contribution in [1.29, 1.82) is 0 Å². The fourth-order valence-electron chi connectivity index (χ4n) is 2.73. The van der Waals surface area contributed by atoms with Crippen molar-refractivity contribution < 1.29 is 9.18 Å². The molecule has 0 fully saturated rings. The number of nitrogens with zero attached hydrogens (tertiary/aromatic N) is 1. The molecule has 1 amide bonds. The van der Waals surface area contributed by atoms with Gasteiger partial charge >= 0.3 is 0 Å². The van der Waals surface area contributed by atoms with Crippen LogP contribution in [0.2, 0.25) is 0 Å². The van der Waals surface area contributed by atoms with Gasteiger partial charge in [0.1, 0.15) is 11.5 Å². The number of amides is 1. The summed E-state index contributed by atoms with van der Waals surface area (Å²) in [6.07, 6.45) is 3.53. The monoisotopic (exact) mass is 331 g/mol. The third kappa shape index (κ3) is 3.12. The lowest BCUT2D eigenvalue weighted by atomic mass is 10.1. The number of aromatic nitrogens is 2. The molecule has 0 radical (unpaired) electrons. The summed E-state index contributed by atoms with van der Waals surface area (Å²) in [6.45, 7) is 0. The average molecular weight is 331 g/mol. The molecule has 0 aliphatic rings. The second-order valence-corrected chi connectivity index (χ2v) is 5.69. The lowest BCUT2D eigenvalue weighted by molar-refractivity contribution is 0.102. The van der Waals surface area contributed by atoms with Crippen molar-refractivity contribution in [1.82, 2.24) is 9.97 Å². The van der Waals surface area contributed by atoms with Crippen molar-refractivity contribution in [2.75, 3.05) is 5.32 Å². The topological polar surface area (TPSA) is 57.8 Å². The summed E-state index contributed by atoms with van der Waals surface area (Å²) in [6, 6.07) is 17.4. The van der Waals surface area contributed by atoms with Crippen molar-refractivity contribution in [2.45, 2.75) is 0 Å². The standard InChI is InChI=1S/C20H14FN3O/c21-16-4-1-5-17(11-16)23-20(25)19-10-15-9-13(6-7-18(15)24-19)14-3-2-8-22-12-14/h1-12,24H,(H,23,25). The van der Waals surface area contributed by atoms with Crippen molar-refractivity contribution in [3.63, 3.8) is 0 Å². The number of nitrogens with one attached hydrogen (secondary N) is 2. The van der Waals surface area contributed by atoms with Gasteiger partial charge in [-0.05, 0) is 48.0 Å². The SMILES string of the molecule is O=C(Nc1cccc(F)c1)c1cc2cc(-c3cccnc3)ccc2[nH]1. The van der Waals surface area contributed by atoms with E-state index in [0.717, 1.165) is 22.0 Å². The van der Waals surface area contributed by atoms with Crippen LogP contribution in [-0.4, -0.2) is 15.9 Å². The minimum atomic E-state index is -0.393. The maximum Gasteiger partial charge on any atom is 0.272 e.